The smallest absolute Gasteiger partial charge is 0.279 e. The Hall–Kier alpha value is -3.00. The van der Waals surface area contributed by atoms with Crippen molar-refractivity contribution in [3.63, 3.8) is 0 Å². The Morgan fingerprint density at radius 1 is 1.12 bits per heavy atom. The van der Waals surface area contributed by atoms with Crippen molar-refractivity contribution in [2.75, 3.05) is 5.32 Å². The molecule has 0 saturated carbocycles. The normalized spacial score (nSPS) is 11.2. The molecule has 0 saturated heterocycles. The van der Waals surface area contributed by atoms with Crippen LogP contribution in [-0.2, 0) is 0 Å². The van der Waals surface area contributed by atoms with E-state index in [1.54, 1.807) is 23.7 Å². The van der Waals surface area contributed by atoms with Gasteiger partial charge in [-0.15, -0.1) is 0 Å². The number of aryl methyl sites for hydroxylation is 4. The van der Waals surface area contributed by atoms with E-state index < -0.39 is 0 Å². The number of fused-ring (bicyclic) bond motifs is 1. The highest BCUT2D eigenvalue weighted by atomic mass is 32.1. The lowest BCUT2D eigenvalue weighted by Gasteiger charge is -2.04. The van der Waals surface area contributed by atoms with Crippen LogP contribution in [0.1, 0.15) is 33.1 Å². The van der Waals surface area contributed by atoms with Gasteiger partial charge in [-0.25, -0.2) is 4.98 Å². The number of aromatic nitrogens is 4. The molecule has 4 aromatic rings. The number of thiazole rings is 1. The van der Waals surface area contributed by atoms with Gasteiger partial charge in [0.1, 0.15) is 11.6 Å². The summed E-state index contributed by atoms with van der Waals surface area (Å²) in [5.74, 6) is 0.771. The number of benzene rings is 1. The van der Waals surface area contributed by atoms with Crippen LogP contribution in [0.25, 0.3) is 15.3 Å². The maximum Gasteiger partial charge on any atom is 0.279 e. The number of nitrogens with one attached hydrogen (secondary N) is 1. The molecule has 3 heterocycles. The first kappa shape index (κ1) is 16.5. The molecule has 0 spiro atoms. The average molecular weight is 367 g/mol. The molecule has 0 aliphatic rings. The molecule has 1 aromatic carbocycles. The van der Waals surface area contributed by atoms with Gasteiger partial charge in [0.2, 0.25) is 5.13 Å². The van der Waals surface area contributed by atoms with Crippen molar-refractivity contribution < 1.29 is 9.32 Å². The third-order valence-corrected chi connectivity index (χ3v) is 5.10. The number of carbonyl (C=O) groups is 1. The second-order valence-corrected chi connectivity index (χ2v) is 7.27. The van der Waals surface area contributed by atoms with Crippen LogP contribution in [0.2, 0.25) is 0 Å². The van der Waals surface area contributed by atoms with Crippen LogP contribution in [-0.4, -0.2) is 25.8 Å². The minimum Gasteiger partial charge on any atom is -0.361 e. The van der Waals surface area contributed by atoms with Crippen molar-refractivity contribution in [1.29, 1.82) is 0 Å². The third kappa shape index (κ3) is 2.88. The van der Waals surface area contributed by atoms with Gasteiger partial charge in [0.15, 0.2) is 5.69 Å². The van der Waals surface area contributed by atoms with Crippen molar-refractivity contribution in [2.45, 2.75) is 27.7 Å². The van der Waals surface area contributed by atoms with Gasteiger partial charge in [-0.1, -0.05) is 16.5 Å². The Labute approximate surface area is 153 Å². The van der Waals surface area contributed by atoms with E-state index in [1.807, 2.05) is 6.92 Å². The molecule has 3 aromatic heterocycles. The van der Waals surface area contributed by atoms with Crippen LogP contribution < -0.4 is 5.32 Å². The van der Waals surface area contributed by atoms with E-state index >= 15 is 0 Å². The number of carbonyl (C=O) groups excluding carboxylic acids is 1. The fourth-order valence-corrected chi connectivity index (χ4v) is 3.66. The quantitative estimate of drug-likeness (QED) is 0.592. The summed E-state index contributed by atoms with van der Waals surface area (Å²) in [7, 11) is 0. The molecule has 26 heavy (non-hydrogen) atoms. The van der Waals surface area contributed by atoms with Gasteiger partial charge in [-0.05, 0) is 51.0 Å². The zero-order chi connectivity index (χ0) is 18.4. The summed E-state index contributed by atoms with van der Waals surface area (Å²) in [6, 6.07) is 7.58. The number of rotatable bonds is 3. The molecule has 8 heteroatoms. The second-order valence-electron chi connectivity index (χ2n) is 6.26. The Kier molecular flexibility index (Phi) is 3.84. The Bertz CT molecular complexity index is 1100. The van der Waals surface area contributed by atoms with Gasteiger partial charge in [-0.3, -0.25) is 4.79 Å². The first-order chi connectivity index (χ1) is 12.4. The summed E-state index contributed by atoms with van der Waals surface area (Å²) >= 11 is 1.53. The zero-order valence-corrected chi connectivity index (χ0v) is 15.6. The first-order valence-corrected chi connectivity index (χ1v) is 8.92. The Morgan fingerprint density at radius 2 is 1.88 bits per heavy atom. The summed E-state index contributed by atoms with van der Waals surface area (Å²) in [4.78, 5) is 17.1. The van der Waals surface area contributed by atoms with Gasteiger partial charge in [0.05, 0.1) is 15.9 Å². The fraction of sp³-hybridized carbons (Fsp3) is 0.222. The molecule has 132 valence electrons. The summed E-state index contributed by atoms with van der Waals surface area (Å²) in [6.07, 6.45) is 0. The minimum atomic E-state index is -0.351. The molecule has 4 rings (SSSR count). The van der Waals surface area contributed by atoms with Crippen molar-refractivity contribution >= 4 is 33.3 Å². The molecule has 0 fully saturated rings. The number of hydrogen-bond donors (Lipinski definition) is 1. The van der Waals surface area contributed by atoms with Crippen LogP contribution in [0, 0.1) is 27.7 Å². The van der Waals surface area contributed by atoms with Crippen molar-refractivity contribution in [2.24, 2.45) is 0 Å². The van der Waals surface area contributed by atoms with Crippen LogP contribution in [0.15, 0.2) is 28.8 Å². The summed E-state index contributed by atoms with van der Waals surface area (Å²) in [6.45, 7) is 7.76. The van der Waals surface area contributed by atoms with E-state index in [-0.39, 0.29) is 11.6 Å². The van der Waals surface area contributed by atoms with E-state index in [2.05, 4.69) is 46.5 Å². The maximum atomic E-state index is 12.4. The highest BCUT2D eigenvalue weighted by Crippen LogP contribution is 2.29. The van der Waals surface area contributed by atoms with E-state index in [0.29, 0.717) is 16.7 Å². The van der Waals surface area contributed by atoms with Gasteiger partial charge in [0.25, 0.3) is 5.91 Å². The number of anilines is 1. The first-order valence-electron chi connectivity index (χ1n) is 8.10. The predicted octanol–water partition coefficient (Wildman–Crippen LogP) is 3.96. The summed E-state index contributed by atoms with van der Waals surface area (Å²) in [5.41, 5.74) is 4.34. The average Bonchev–Trinajstić information content (AvgIpc) is 3.27. The Morgan fingerprint density at radius 3 is 2.62 bits per heavy atom. The molecule has 0 aliphatic heterocycles. The van der Waals surface area contributed by atoms with Crippen molar-refractivity contribution in [1.82, 2.24) is 19.9 Å². The van der Waals surface area contributed by atoms with Crippen molar-refractivity contribution in [3.05, 3.63) is 52.5 Å². The molecule has 7 nitrogen and oxygen atoms in total. The van der Waals surface area contributed by atoms with Crippen LogP contribution >= 0.6 is 11.3 Å². The molecule has 0 aliphatic carbocycles. The minimum absolute atomic E-state index is 0.225. The third-order valence-electron chi connectivity index (χ3n) is 4.11. The standard InChI is InChI=1S/C18H17N5O2S/c1-9-5-13-15(6-10(9)2)26-18(19-13)23-16(7-11(3)21-23)20-17(24)14-8-12(4)25-22-14/h5-8H,1-4H3,(H,20,24). The molecule has 0 atom stereocenters. The van der Waals surface area contributed by atoms with Crippen LogP contribution in [0.4, 0.5) is 5.82 Å². The Balaban J connectivity index is 1.72. The second kappa shape index (κ2) is 6.06. The monoisotopic (exact) mass is 367 g/mol. The van der Waals surface area contributed by atoms with Crippen molar-refractivity contribution in [3.8, 4) is 5.13 Å². The largest absolute Gasteiger partial charge is 0.361 e. The van der Waals surface area contributed by atoms with Gasteiger partial charge >= 0.3 is 0 Å². The highest BCUT2D eigenvalue weighted by molar-refractivity contribution is 7.20. The van der Waals surface area contributed by atoms with E-state index in [0.717, 1.165) is 15.9 Å². The number of hydrogen-bond acceptors (Lipinski definition) is 6. The molecule has 0 bridgehead atoms. The van der Waals surface area contributed by atoms with Gasteiger partial charge in [-0.2, -0.15) is 9.78 Å². The summed E-state index contributed by atoms with van der Waals surface area (Å²) < 4.78 is 7.69. The lowest BCUT2D eigenvalue weighted by molar-refractivity contribution is 0.101. The molecule has 1 amide bonds. The topological polar surface area (TPSA) is 85.8 Å². The van der Waals surface area contributed by atoms with Crippen LogP contribution in [0.5, 0.6) is 0 Å². The summed E-state index contributed by atoms with van der Waals surface area (Å²) in [5, 5.41) is 11.8. The van der Waals surface area contributed by atoms with Gasteiger partial charge < -0.3 is 9.84 Å². The van der Waals surface area contributed by atoms with E-state index in [9.17, 15) is 4.79 Å². The molecular weight excluding hydrogens is 350 g/mol. The molecule has 1 N–H and O–H groups in total. The van der Waals surface area contributed by atoms with E-state index in [4.69, 9.17) is 4.52 Å². The zero-order valence-electron chi connectivity index (χ0n) is 14.8. The lowest BCUT2D eigenvalue weighted by Crippen LogP contribution is -2.15. The SMILES string of the molecule is Cc1cc(NC(=O)c2cc(C)on2)n(-c2nc3cc(C)c(C)cc3s2)n1. The number of amides is 1. The van der Waals surface area contributed by atoms with E-state index in [1.165, 1.54) is 22.5 Å². The van der Waals surface area contributed by atoms with Crippen LogP contribution in [0.3, 0.4) is 0 Å². The fourth-order valence-electron chi connectivity index (χ4n) is 2.65. The molecule has 0 unspecified atom stereocenters. The predicted molar refractivity (Wildman–Crippen MR) is 100 cm³/mol. The maximum absolute atomic E-state index is 12.4. The molecular formula is C18H17N5O2S. The molecule has 0 radical (unpaired) electrons. The van der Waals surface area contributed by atoms with Gasteiger partial charge in [0, 0.05) is 12.1 Å². The highest BCUT2D eigenvalue weighted by Gasteiger charge is 2.17. The lowest BCUT2D eigenvalue weighted by atomic mass is 10.1. The number of nitrogens with zero attached hydrogens (tertiary/aromatic N) is 4.